The number of imidazole rings is 1. The van der Waals surface area contributed by atoms with E-state index in [-0.39, 0.29) is 29.8 Å². The Morgan fingerprint density at radius 3 is 2.73 bits per heavy atom. The lowest BCUT2D eigenvalue weighted by Gasteiger charge is -2.29. The van der Waals surface area contributed by atoms with Crippen molar-refractivity contribution in [3.05, 3.63) is 80.4 Å². The first-order valence-electron chi connectivity index (χ1n) is 12.8. The van der Waals surface area contributed by atoms with Crippen molar-refractivity contribution in [3.8, 4) is 5.88 Å². The summed E-state index contributed by atoms with van der Waals surface area (Å²) in [5.74, 6) is -0.845. The van der Waals surface area contributed by atoms with E-state index in [0.29, 0.717) is 41.8 Å². The summed E-state index contributed by atoms with van der Waals surface area (Å²) in [5.41, 5.74) is 2.71. The van der Waals surface area contributed by atoms with Crippen molar-refractivity contribution in [2.24, 2.45) is 0 Å². The van der Waals surface area contributed by atoms with Crippen LogP contribution in [0.25, 0.3) is 16.6 Å². The molecular formula is C28H25ClF2N4O4S. The Hall–Kier alpha value is -3.38. The normalized spacial score (nSPS) is 17.6. The SMILES string of the molecule is O=C(O)c1ccc2nc(CN3CC=C(c4nc(OCc5sc(Cl)cc5F)ccc4F)CC3)n(C[C@@H]3CCO3)c2c1. The van der Waals surface area contributed by atoms with Crippen molar-refractivity contribution in [2.45, 2.75) is 38.6 Å². The van der Waals surface area contributed by atoms with Gasteiger partial charge in [0.2, 0.25) is 5.88 Å². The highest BCUT2D eigenvalue weighted by Crippen LogP contribution is 2.29. The van der Waals surface area contributed by atoms with Crippen LogP contribution in [0.2, 0.25) is 4.34 Å². The number of carbonyl (C=O) groups is 1. The van der Waals surface area contributed by atoms with Crippen LogP contribution in [0.5, 0.6) is 5.88 Å². The van der Waals surface area contributed by atoms with Gasteiger partial charge in [0.25, 0.3) is 0 Å². The van der Waals surface area contributed by atoms with Crippen LogP contribution in [0.1, 0.15) is 39.6 Å². The fourth-order valence-electron chi connectivity index (χ4n) is 4.88. The van der Waals surface area contributed by atoms with Crippen LogP contribution < -0.4 is 4.74 Å². The summed E-state index contributed by atoms with van der Waals surface area (Å²) in [6.07, 6.45) is 3.54. The molecule has 0 saturated carbocycles. The van der Waals surface area contributed by atoms with Crippen molar-refractivity contribution in [1.29, 1.82) is 0 Å². The van der Waals surface area contributed by atoms with E-state index in [2.05, 4.69) is 14.5 Å². The molecule has 12 heteroatoms. The zero-order valence-corrected chi connectivity index (χ0v) is 22.9. The summed E-state index contributed by atoms with van der Waals surface area (Å²) < 4.78 is 42.3. The number of benzene rings is 1. The first kappa shape index (κ1) is 26.8. The molecule has 40 heavy (non-hydrogen) atoms. The van der Waals surface area contributed by atoms with Gasteiger partial charge in [-0.15, -0.1) is 11.3 Å². The van der Waals surface area contributed by atoms with E-state index >= 15 is 0 Å². The number of aromatic carboxylic acids is 1. The Morgan fingerprint density at radius 2 is 2.05 bits per heavy atom. The van der Waals surface area contributed by atoms with Gasteiger partial charge in [-0.25, -0.2) is 23.5 Å². The standard InChI is InChI=1S/C28H25ClF2N4O4S/c29-24-12-20(31)23(40-24)15-39-26-4-2-19(30)27(33-26)16-5-8-34(9-6-16)14-25-32-21-3-1-17(28(36)37)11-22(21)35(25)13-18-7-10-38-18/h1-5,11-12,18H,6-10,13-15H2,(H,36,37)/t18-/m0/s1. The lowest BCUT2D eigenvalue weighted by Crippen LogP contribution is -2.33. The van der Waals surface area contributed by atoms with Gasteiger partial charge >= 0.3 is 5.97 Å². The molecule has 0 unspecified atom stereocenters. The van der Waals surface area contributed by atoms with Crippen LogP contribution >= 0.6 is 22.9 Å². The third-order valence-corrected chi connectivity index (χ3v) is 8.33. The van der Waals surface area contributed by atoms with Crippen molar-refractivity contribution < 1.29 is 28.2 Å². The quantitative estimate of drug-likeness (QED) is 0.266. The number of thiophene rings is 1. The summed E-state index contributed by atoms with van der Waals surface area (Å²) in [4.78, 5) is 23.3. The molecule has 0 spiro atoms. The molecule has 1 aromatic carbocycles. The molecule has 3 aromatic heterocycles. The lowest BCUT2D eigenvalue weighted by molar-refractivity contribution is -0.0591. The molecule has 8 nitrogen and oxygen atoms in total. The summed E-state index contributed by atoms with van der Waals surface area (Å²) in [6.45, 7) is 3.04. The highest BCUT2D eigenvalue weighted by molar-refractivity contribution is 7.16. The average Bonchev–Trinajstić information content (AvgIpc) is 3.42. The summed E-state index contributed by atoms with van der Waals surface area (Å²) >= 11 is 6.94. The summed E-state index contributed by atoms with van der Waals surface area (Å²) in [5, 5.41) is 9.46. The summed E-state index contributed by atoms with van der Waals surface area (Å²) in [6, 6.07) is 8.92. The number of carboxylic acids is 1. The molecule has 0 bridgehead atoms. The Bertz CT molecular complexity index is 1620. The molecule has 1 atom stereocenters. The van der Waals surface area contributed by atoms with Gasteiger partial charge in [0.15, 0.2) is 0 Å². The van der Waals surface area contributed by atoms with Crippen LogP contribution in [0.4, 0.5) is 8.78 Å². The van der Waals surface area contributed by atoms with Crippen LogP contribution in [-0.4, -0.2) is 56.3 Å². The molecule has 0 aliphatic carbocycles. The van der Waals surface area contributed by atoms with E-state index in [0.717, 1.165) is 46.8 Å². The van der Waals surface area contributed by atoms with Gasteiger partial charge in [0.05, 0.1) is 45.0 Å². The first-order chi connectivity index (χ1) is 19.3. The van der Waals surface area contributed by atoms with Crippen molar-refractivity contribution in [2.75, 3.05) is 19.7 Å². The molecule has 6 rings (SSSR count). The maximum absolute atomic E-state index is 14.7. The second kappa shape index (κ2) is 11.2. The lowest BCUT2D eigenvalue weighted by atomic mass is 10.0. The van der Waals surface area contributed by atoms with E-state index in [4.69, 9.17) is 26.1 Å². The number of fused-ring (bicyclic) bond motifs is 1. The highest BCUT2D eigenvalue weighted by atomic mass is 35.5. The van der Waals surface area contributed by atoms with Crippen LogP contribution in [-0.2, 0) is 24.4 Å². The van der Waals surface area contributed by atoms with Crippen LogP contribution in [0.15, 0.2) is 42.5 Å². The predicted molar refractivity (Wildman–Crippen MR) is 147 cm³/mol. The maximum atomic E-state index is 14.7. The molecule has 5 heterocycles. The van der Waals surface area contributed by atoms with E-state index in [1.165, 1.54) is 18.2 Å². The van der Waals surface area contributed by atoms with Crippen molar-refractivity contribution >= 4 is 45.5 Å². The van der Waals surface area contributed by atoms with Gasteiger partial charge < -0.3 is 19.1 Å². The number of ether oxygens (including phenoxy) is 2. The Labute approximate surface area is 237 Å². The van der Waals surface area contributed by atoms with Gasteiger partial charge in [0.1, 0.15) is 29.8 Å². The molecular weight excluding hydrogens is 562 g/mol. The van der Waals surface area contributed by atoms with E-state index < -0.39 is 17.6 Å². The number of hydrogen-bond acceptors (Lipinski definition) is 7. The van der Waals surface area contributed by atoms with Gasteiger partial charge in [-0.1, -0.05) is 17.7 Å². The Morgan fingerprint density at radius 1 is 1.20 bits per heavy atom. The average molecular weight is 587 g/mol. The number of pyridine rings is 1. The molecule has 1 saturated heterocycles. The highest BCUT2D eigenvalue weighted by Gasteiger charge is 2.24. The topological polar surface area (TPSA) is 89.7 Å². The van der Waals surface area contributed by atoms with Gasteiger partial charge in [-0.05, 0) is 42.7 Å². The largest absolute Gasteiger partial charge is 0.478 e. The molecule has 0 amide bonds. The van der Waals surface area contributed by atoms with Crippen LogP contribution in [0, 0.1) is 11.6 Å². The van der Waals surface area contributed by atoms with Gasteiger partial charge in [-0.3, -0.25) is 4.90 Å². The number of carboxylic acid groups (broad SMARTS) is 1. The van der Waals surface area contributed by atoms with E-state index in [1.54, 1.807) is 18.2 Å². The number of rotatable bonds is 9. The zero-order valence-electron chi connectivity index (χ0n) is 21.3. The minimum atomic E-state index is -0.983. The third kappa shape index (κ3) is 5.60. The Kier molecular flexibility index (Phi) is 7.54. The van der Waals surface area contributed by atoms with Crippen molar-refractivity contribution in [3.63, 3.8) is 0 Å². The third-order valence-electron chi connectivity index (χ3n) is 7.12. The Balaban J connectivity index is 1.18. The molecule has 208 valence electrons. The molecule has 1 N–H and O–H groups in total. The fourth-order valence-corrected chi connectivity index (χ4v) is 5.92. The van der Waals surface area contributed by atoms with Crippen molar-refractivity contribution in [1.82, 2.24) is 19.4 Å². The minimum absolute atomic E-state index is 0.0467. The fraction of sp³-hybridized carbons (Fsp3) is 0.321. The predicted octanol–water partition coefficient (Wildman–Crippen LogP) is 5.78. The summed E-state index contributed by atoms with van der Waals surface area (Å²) in [7, 11) is 0. The number of halogens is 3. The number of hydrogen-bond donors (Lipinski definition) is 1. The molecule has 2 aliphatic rings. The van der Waals surface area contributed by atoms with Gasteiger partial charge in [-0.2, -0.15) is 0 Å². The van der Waals surface area contributed by atoms with Gasteiger partial charge in [0, 0.05) is 31.8 Å². The molecule has 1 fully saturated rings. The first-order valence-corrected chi connectivity index (χ1v) is 14.0. The second-order valence-electron chi connectivity index (χ2n) is 9.73. The maximum Gasteiger partial charge on any atom is 0.335 e. The molecule has 2 aliphatic heterocycles. The smallest absolute Gasteiger partial charge is 0.335 e. The van der Waals surface area contributed by atoms with E-state index in [9.17, 15) is 18.7 Å². The molecule has 0 radical (unpaired) electrons. The zero-order chi connectivity index (χ0) is 27.8. The monoisotopic (exact) mass is 586 g/mol. The second-order valence-corrected chi connectivity index (χ2v) is 11.5. The van der Waals surface area contributed by atoms with E-state index in [1.807, 2.05) is 6.08 Å². The number of aromatic nitrogens is 3. The van der Waals surface area contributed by atoms with Crippen LogP contribution in [0.3, 0.4) is 0 Å². The minimum Gasteiger partial charge on any atom is -0.478 e. The number of nitrogens with zero attached hydrogens (tertiary/aromatic N) is 4. The molecule has 4 aromatic rings.